The van der Waals surface area contributed by atoms with Crippen LogP contribution < -0.4 is 10.5 Å². The third-order valence-electron chi connectivity index (χ3n) is 5.54. The van der Waals surface area contributed by atoms with E-state index < -0.39 is 0 Å². The van der Waals surface area contributed by atoms with Gasteiger partial charge in [0.1, 0.15) is 0 Å². The minimum atomic E-state index is -0.0311. The standard InChI is InChI=1S/C21H28N4O/c1-15(2)12-23-9-8-19-18(14-23)20(26)22-21-24(10-11-25(19)21)13-17-7-5-4-6-16(17)3/h4-7,15H,8-14H2,1-3H3. The lowest BCUT2D eigenvalue weighted by Gasteiger charge is -2.31. The van der Waals surface area contributed by atoms with Crippen LogP contribution in [0.3, 0.4) is 0 Å². The first-order valence-electron chi connectivity index (χ1n) is 9.67. The lowest BCUT2D eigenvalue weighted by atomic mass is 10.0. The van der Waals surface area contributed by atoms with Gasteiger partial charge >= 0.3 is 0 Å². The van der Waals surface area contributed by atoms with E-state index in [1.165, 1.54) is 16.8 Å². The van der Waals surface area contributed by atoms with Crippen LogP contribution in [0.5, 0.6) is 0 Å². The molecule has 0 atom stereocenters. The number of anilines is 1. The normalized spacial score (nSPS) is 16.8. The fourth-order valence-corrected chi connectivity index (χ4v) is 4.25. The molecule has 0 unspecified atom stereocenters. The molecule has 0 radical (unpaired) electrons. The van der Waals surface area contributed by atoms with Crippen LogP contribution in [0.4, 0.5) is 5.95 Å². The summed E-state index contributed by atoms with van der Waals surface area (Å²) >= 11 is 0. The Morgan fingerprint density at radius 1 is 1.15 bits per heavy atom. The summed E-state index contributed by atoms with van der Waals surface area (Å²) in [5.41, 5.74) is 4.69. The van der Waals surface area contributed by atoms with Crippen LogP contribution in [-0.4, -0.2) is 34.1 Å². The lowest BCUT2D eigenvalue weighted by molar-refractivity contribution is 0.221. The molecular formula is C21H28N4O. The Labute approximate surface area is 155 Å². The van der Waals surface area contributed by atoms with Crippen molar-refractivity contribution in [3.63, 3.8) is 0 Å². The van der Waals surface area contributed by atoms with Gasteiger partial charge in [0.2, 0.25) is 5.95 Å². The van der Waals surface area contributed by atoms with E-state index in [-0.39, 0.29) is 5.56 Å². The molecule has 0 saturated heterocycles. The second kappa shape index (κ2) is 6.88. The number of aromatic nitrogens is 2. The van der Waals surface area contributed by atoms with E-state index in [1.807, 2.05) is 0 Å². The van der Waals surface area contributed by atoms with Crippen LogP contribution in [0, 0.1) is 12.8 Å². The molecule has 0 N–H and O–H groups in total. The Balaban J connectivity index is 1.63. The van der Waals surface area contributed by atoms with Gasteiger partial charge in [0.25, 0.3) is 5.56 Å². The van der Waals surface area contributed by atoms with Gasteiger partial charge in [-0.25, -0.2) is 0 Å². The molecular weight excluding hydrogens is 324 g/mol. The monoisotopic (exact) mass is 352 g/mol. The van der Waals surface area contributed by atoms with Gasteiger partial charge in [-0.2, -0.15) is 4.98 Å². The van der Waals surface area contributed by atoms with Crippen molar-refractivity contribution < 1.29 is 0 Å². The summed E-state index contributed by atoms with van der Waals surface area (Å²) in [6, 6.07) is 8.45. The Morgan fingerprint density at radius 2 is 1.96 bits per heavy atom. The molecule has 26 heavy (non-hydrogen) atoms. The number of nitrogens with zero attached hydrogens (tertiary/aromatic N) is 4. The molecule has 2 aliphatic rings. The topological polar surface area (TPSA) is 41.4 Å². The Hall–Kier alpha value is -2.14. The van der Waals surface area contributed by atoms with Crippen molar-refractivity contribution >= 4 is 5.95 Å². The largest absolute Gasteiger partial charge is 0.336 e. The van der Waals surface area contributed by atoms with Crippen molar-refractivity contribution in [1.29, 1.82) is 0 Å². The summed E-state index contributed by atoms with van der Waals surface area (Å²) in [7, 11) is 0. The highest BCUT2D eigenvalue weighted by atomic mass is 16.1. The highest BCUT2D eigenvalue weighted by Crippen LogP contribution is 2.26. The van der Waals surface area contributed by atoms with E-state index in [9.17, 15) is 4.79 Å². The van der Waals surface area contributed by atoms with Crippen LogP contribution in [0.15, 0.2) is 29.1 Å². The fraction of sp³-hybridized carbons (Fsp3) is 0.524. The Kier molecular flexibility index (Phi) is 4.57. The fourth-order valence-electron chi connectivity index (χ4n) is 4.25. The zero-order chi connectivity index (χ0) is 18.3. The Morgan fingerprint density at radius 3 is 2.73 bits per heavy atom. The van der Waals surface area contributed by atoms with Crippen LogP contribution in [0.2, 0.25) is 0 Å². The summed E-state index contributed by atoms with van der Waals surface area (Å²) in [5, 5.41) is 0. The molecule has 0 fully saturated rings. The van der Waals surface area contributed by atoms with Gasteiger partial charge in [0, 0.05) is 51.4 Å². The maximum absolute atomic E-state index is 12.7. The summed E-state index contributed by atoms with van der Waals surface area (Å²) in [5.74, 6) is 1.47. The first-order chi connectivity index (χ1) is 12.5. The number of rotatable bonds is 4. The highest BCUT2D eigenvalue weighted by molar-refractivity contribution is 5.42. The van der Waals surface area contributed by atoms with Crippen LogP contribution >= 0.6 is 0 Å². The molecule has 2 aliphatic heterocycles. The van der Waals surface area contributed by atoms with Gasteiger partial charge in [-0.15, -0.1) is 0 Å². The van der Waals surface area contributed by atoms with Crippen molar-refractivity contribution in [2.24, 2.45) is 5.92 Å². The number of fused-ring (bicyclic) bond motifs is 3. The number of aryl methyl sites for hydroxylation is 1. The molecule has 5 nitrogen and oxygen atoms in total. The average molecular weight is 352 g/mol. The molecule has 0 bridgehead atoms. The highest BCUT2D eigenvalue weighted by Gasteiger charge is 2.29. The zero-order valence-corrected chi connectivity index (χ0v) is 16.0. The zero-order valence-electron chi connectivity index (χ0n) is 16.0. The van der Waals surface area contributed by atoms with Crippen molar-refractivity contribution in [2.75, 3.05) is 24.5 Å². The SMILES string of the molecule is Cc1ccccc1CN1CCn2c1nc(=O)c1c2CCN(CC(C)C)C1. The van der Waals surface area contributed by atoms with Crippen LogP contribution in [0.25, 0.3) is 0 Å². The Bertz CT molecular complexity index is 871. The molecule has 1 aromatic heterocycles. The van der Waals surface area contributed by atoms with E-state index in [1.54, 1.807) is 0 Å². The molecule has 4 rings (SSSR count). The second-order valence-corrected chi connectivity index (χ2v) is 8.02. The van der Waals surface area contributed by atoms with Gasteiger partial charge in [0.15, 0.2) is 0 Å². The third-order valence-corrected chi connectivity index (χ3v) is 5.54. The number of hydrogen-bond acceptors (Lipinski definition) is 4. The molecule has 0 amide bonds. The van der Waals surface area contributed by atoms with Crippen molar-refractivity contribution in [1.82, 2.24) is 14.5 Å². The maximum atomic E-state index is 12.7. The average Bonchev–Trinajstić information content (AvgIpc) is 2.99. The summed E-state index contributed by atoms with van der Waals surface area (Å²) in [6.07, 6.45) is 0.949. The van der Waals surface area contributed by atoms with Crippen LogP contribution in [-0.2, 0) is 26.1 Å². The van der Waals surface area contributed by atoms with Gasteiger partial charge in [-0.3, -0.25) is 9.69 Å². The van der Waals surface area contributed by atoms with Crippen molar-refractivity contribution in [2.45, 2.75) is 46.8 Å². The predicted octanol–water partition coefficient (Wildman–Crippen LogP) is 2.59. The van der Waals surface area contributed by atoms with Gasteiger partial charge in [0.05, 0.1) is 5.56 Å². The summed E-state index contributed by atoms with van der Waals surface area (Å²) in [6.45, 7) is 12.1. The van der Waals surface area contributed by atoms with E-state index in [0.717, 1.165) is 57.2 Å². The van der Waals surface area contributed by atoms with Crippen LogP contribution in [0.1, 0.15) is 36.2 Å². The lowest BCUT2D eigenvalue weighted by Crippen LogP contribution is -2.39. The quantitative estimate of drug-likeness (QED) is 0.848. The van der Waals surface area contributed by atoms with Gasteiger partial charge in [-0.05, 0) is 24.0 Å². The van der Waals surface area contributed by atoms with E-state index in [4.69, 9.17) is 0 Å². The second-order valence-electron chi connectivity index (χ2n) is 8.02. The molecule has 0 spiro atoms. The molecule has 3 heterocycles. The molecule has 2 aromatic rings. The smallest absolute Gasteiger partial charge is 0.279 e. The summed E-state index contributed by atoms with van der Waals surface area (Å²) in [4.78, 5) is 21.9. The number of hydrogen-bond donors (Lipinski definition) is 0. The molecule has 138 valence electrons. The first-order valence-corrected chi connectivity index (χ1v) is 9.67. The van der Waals surface area contributed by atoms with E-state index >= 15 is 0 Å². The number of benzene rings is 1. The van der Waals surface area contributed by atoms with Gasteiger partial charge < -0.3 is 9.47 Å². The molecule has 1 aromatic carbocycles. The molecule has 0 saturated carbocycles. The van der Waals surface area contributed by atoms with E-state index in [2.05, 4.69) is 64.4 Å². The minimum absolute atomic E-state index is 0.0311. The summed E-state index contributed by atoms with van der Waals surface area (Å²) < 4.78 is 2.29. The van der Waals surface area contributed by atoms with E-state index in [0.29, 0.717) is 5.92 Å². The van der Waals surface area contributed by atoms with Gasteiger partial charge in [-0.1, -0.05) is 38.1 Å². The van der Waals surface area contributed by atoms with Crippen molar-refractivity contribution in [3.8, 4) is 0 Å². The predicted molar refractivity (Wildman–Crippen MR) is 105 cm³/mol. The maximum Gasteiger partial charge on any atom is 0.279 e. The third kappa shape index (κ3) is 3.16. The molecule has 5 heteroatoms. The first kappa shape index (κ1) is 17.3. The van der Waals surface area contributed by atoms with Crippen molar-refractivity contribution in [3.05, 3.63) is 57.0 Å². The molecule has 0 aliphatic carbocycles. The minimum Gasteiger partial charge on any atom is -0.336 e.